The van der Waals surface area contributed by atoms with E-state index in [4.69, 9.17) is 11.6 Å². The maximum Gasteiger partial charge on any atom is 0.433 e. The summed E-state index contributed by atoms with van der Waals surface area (Å²) in [5.41, 5.74) is -1.33. The average molecular weight is 393 g/mol. The van der Waals surface area contributed by atoms with Gasteiger partial charge in [0, 0.05) is 11.1 Å². The van der Waals surface area contributed by atoms with Gasteiger partial charge in [0.2, 0.25) is 5.95 Å². The topological polar surface area (TPSA) is 70.1 Å². The Bertz CT molecular complexity index is 770. The molecule has 0 fully saturated rings. The Hall–Kier alpha value is -2.13. The third-order valence-corrected chi connectivity index (χ3v) is 3.76. The second-order valence-electron chi connectivity index (χ2n) is 5.89. The largest absolute Gasteiger partial charge is 0.433 e. The first kappa shape index (κ1) is 20.2. The summed E-state index contributed by atoms with van der Waals surface area (Å²) in [5, 5.41) is 14.7. The second-order valence-corrected chi connectivity index (χ2v) is 6.32. The summed E-state index contributed by atoms with van der Waals surface area (Å²) in [6, 6.07) is 3.73. The van der Waals surface area contributed by atoms with Crippen LogP contribution in [0.2, 0.25) is 5.02 Å². The molecule has 5 nitrogen and oxygen atoms in total. The van der Waals surface area contributed by atoms with E-state index in [0.29, 0.717) is 6.07 Å². The van der Waals surface area contributed by atoms with E-state index in [-0.39, 0.29) is 35.0 Å². The van der Waals surface area contributed by atoms with Gasteiger partial charge in [0.1, 0.15) is 11.6 Å². The molecule has 2 aromatic rings. The fourth-order valence-corrected chi connectivity index (χ4v) is 2.21. The third kappa shape index (κ3) is 5.18. The molecule has 1 aromatic carbocycles. The average Bonchev–Trinajstić information content (AvgIpc) is 2.54. The van der Waals surface area contributed by atoms with E-state index in [2.05, 4.69) is 20.6 Å². The molecule has 0 amide bonds. The van der Waals surface area contributed by atoms with Crippen LogP contribution in [0.15, 0.2) is 24.3 Å². The van der Waals surface area contributed by atoms with Crippen LogP contribution in [-0.2, 0) is 6.18 Å². The van der Waals surface area contributed by atoms with Gasteiger partial charge >= 0.3 is 6.18 Å². The Morgan fingerprint density at radius 2 is 1.88 bits per heavy atom. The number of aliphatic hydroxyl groups excluding tert-OH is 1. The number of benzene rings is 1. The number of alkyl halides is 3. The third-order valence-electron chi connectivity index (χ3n) is 3.52. The molecule has 0 bridgehead atoms. The molecule has 0 aliphatic heterocycles. The molecule has 10 heteroatoms. The highest BCUT2D eigenvalue weighted by molar-refractivity contribution is 6.30. The van der Waals surface area contributed by atoms with Crippen LogP contribution >= 0.6 is 11.6 Å². The molecule has 26 heavy (non-hydrogen) atoms. The van der Waals surface area contributed by atoms with Crippen molar-refractivity contribution < 1.29 is 22.7 Å². The summed E-state index contributed by atoms with van der Waals surface area (Å²) in [5.74, 6) is -1.39. The highest BCUT2D eigenvalue weighted by Gasteiger charge is 2.34. The number of hydrogen-bond acceptors (Lipinski definition) is 5. The van der Waals surface area contributed by atoms with Crippen molar-refractivity contribution in [3.8, 4) is 0 Å². The number of nitrogens with zero attached hydrogens (tertiary/aromatic N) is 2. The van der Waals surface area contributed by atoms with Gasteiger partial charge in [-0.1, -0.05) is 25.4 Å². The molecule has 0 saturated heterocycles. The van der Waals surface area contributed by atoms with E-state index in [1.165, 1.54) is 12.1 Å². The number of rotatable bonds is 6. The maximum atomic E-state index is 13.8. The van der Waals surface area contributed by atoms with Crippen LogP contribution in [0.5, 0.6) is 0 Å². The van der Waals surface area contributed by atoms with Crippen molar-refractivity contribution in [1.29, 1.82) is 0 Å². The van der Waals surface area contributed by atoms with Crippen LogP contribution in [0.3, 0.4) is 0 Å². The number of aliphatic hydroxyl groups is 1. The van der Waals surface area contributed by atoms with Crippen molar-refractivity contribution in [2.24, 2.45) is 5.92 Å². The highest BCUT2D eigenvalue weighted by Crippen LogP contribution is 2.31. The van der Waals surface area contributed by atoms with Crippen molar-refractivity contribution in [2.45, 2.75) is 26.1 Å². The van der Waals surface area contributed by atoms with E-state index in [9.17, 15) is 22.7 Å². The molecule has 0 aliphatic rings. The number of aromatic nitrogens is 2. The normalized spacial score (nSPS) is 13.0. The summed E-state index contributed by atoms with van der Waals surface area (Å²) in [6.45, 7) is 3.24. The monoisotopic (exact) mass is 392 g/mol. The molecular weight excluding hydrogens is 376 g/mol. The molecule has 1 heterocycles. The smallest absolute Gasteiger partial charge is 0.394 e. The van der Waals surface area contributed by atoms with Gasteiger partial charge in [-0.05, 0) is 24.1 Å². The molecule has 0 unspecified atom stereocenters. The maximum absolute atomic E-state index is 13.8. The van der Waals surface area contributed by atoms with E-state index in [1.54, 1.807) is 13.8 Å². The van der Waals surface area contributed by atoms with Gasteiger partial charge in [-0.2, -0.15) is 18.2 Å². The lowest BCUT2D eigenvalue weighted by Crippen LogP contribution is -2.30. The standard InChI is InChI=1S/C16H17ClF4N4O/c1-8(2)12(7-26)23-15-24-13(16(19,20)21)6-14(25-15)22-11-5-9(17)3-4-10(11)18/h3-6,8,12,26H,7H2,1-2H3,(H2,22,23,24,25)/t12-/m0/s1. The summed E-state index contributed by atoms with van der Waals surface area (Å²) in [6.07, 6.45) is -4.73. The Morgan fingerprint density at radius 1 is 1.19 bits per heavy atom. The van der Waals surface area contributed by atoms with E-state index >= 15 is 0 Å². The van der Waals surface area contributed by atoms with Crippen molar-refractivity contribution >= 4 is 29.1 Å². The van der Waals surface area contributed by atoms with Crippen LogP contribution in [0.25, 0.3) is 0 Å². The molecule has 1 atom stereocenters. The number of anilines is 3. The van der Waals surface area contributed by atoms with Crippen LogP contribution in [0, 0.1) is 11.7 Å². The SMILES string of the molecule is CC(C)[C@H](CO)Nc1nc(Nc2cc(Cl)ccc2F)cc(C(F)(F)F)n1. The Balaban J connectivity index is 2.41. The lowest BCUT2D eigenvalue weighted by molar-refractivity contribution is -0.141. The van der Waals surface area contributed by atoms with Gasteiger partial charge in [0.05, 0.1) is 18.3 Å². The van der Waals surface area contributed by atoms with Gasteiger partial charge in [-0.25, -0.2) is 9.37 Å². The van der Waals surface area contributed by atoms with Gasteiger partial charge < -0.3 is 15.7 Å². The number of halogens is 5. The van der Waals surface area contributed by atoms with E-state index in [1.807, 2.05) is 0 Å². The number of hydrogen-bond donors (Lipinski definition) is 3. The minimum atomic E-state index is -4.73. The van der Waals surface area contributed by atoms with Gasteiger partial charge in [-0.3, -0.25) is 0 Å². The minimum Gasteiger partial charge on any atom is -0.394 e. The quantitative estimate of drug-likeness (QED) is 0.633. The Morgan fingerprint density at radius 3 is 2.46 bits per heavy atom. The first-order valence-electron chi connectivity index (χ1n) is 7.66. The summed E-state index contributed by atoms with van der Waals surface area (Å²) < 4.78 is 53.2. The Kier molecular flexibility index (Phi) is 6.25. The molecule has 2 rings (SSSR count). The Labute approximate surface area is 152 Å². The molecule has 0 saturated carbocycles. The van der Waals surface area contributed by atoms with Crippen molar-refractivity contribution in [3.05, 3.63) is 40.8 Å². The molecule has 0 radical (unpaired) electrons. The minimum absolute atomic E-state index is 0.0834. The van der Waals surface area contributed by atoms with Crippen LogP contribution in [0.4, 0.5) is 35.0 Å². The van der Waals surface area contributed by atoms with Crippen LogP contribution < -0.4 is 10.6 Å². The molecule has 1 aromatic heterocycles. The van der Waals surface area contributed by atoms with Crippen molar-refractivity contribution in [2.75, 3.05) is 17.2 Å². The fraction of sp³-hybridized carbons (Fsp3) is 0.375. The first-order valence-corrected chi connectivity index (χ1v) is 8.03. The van der Waals surface area contributed by atoms with Crippen molar-refractivity contribution in [1.82, 2.24) is 9.97 Å². The molecule has 3 N–H and O–H groups in total. The van der Waals surface area contributed by atoms with Crippen molar-refractivity contribution in [3.63, 3.8) is 0 Å². The first-order chi connectivity index (χ1) is 12.1. The summed E-state index contributed by atoms with van der Waals surface area (Å²) in [4.78, 5) is 7.37. The van der Waals surface area contributed by atoms with Crippen LogP contribution in [-0.4, -0.2) is 27.7 Å². The number of nitrogens with one attached hydrogen (secondary N) is 2. The zero-order valence-corrected chi connectivity index (χ0v) is 14.7. The molecule has 0 spiro atoms. The molecule has 142 valence electrons. The highest BCUT2D eigenvalue weighted by atomic mass is 35.5. The summed E-state index contributed by atoms with van der Waals surface area (Å²) in [7, 11) is 0. The van der Waals surface area contributed by atoms with Gasteiger partial charge in [-0.15, -0.1) is 0 Å². The lowest BCUT2D eigenvalue weighted by Gasteiger charge is -2.21. The summed E-state index contributed by atoms with van der Waals surface area (Å²) >= 11 is 5.78. The van der Waals surface area contributed by atoms with E-state index in [0.717, 1.165) is 6.07 Å². The van der Waals surface area contributed by atoms with Crippen LogP contribution in [0.1, 0.15) is 19.5 Å². The van der Waals surface area contributed by atoms with Gasteiger partial charge in [0.25, 0.3) is 0 Å². The fourth-order valence-electron chi connectivity index (χ4n) is 2.04. The zero-order chi connectivity index (χ0) is 19.5. The van der Waals surface area contributed by atoms with Gasteiger partial charge in [0.15, 0.2) is 5.69 Å². The molecular formula is C16H17ClF4N4O. The lowest BCUT2D eigenvalue weighted by atomic mass is 10.1. The second kappa shape index (κ2) is 8.05. The van der Waals surface area contributed by atoms with E-state index < -0.39 is 23.7 Å². The predicted octanol–water partition coefficient (Wildman–Crippen LogP) is 4.46. The zero-order valence-electron chi connectivity index (χ0n) is 13.9. The predicted molar refractivity (Wildman–Crippen MR) is 91.1 cm³/mol. The molecule has 0 aliphatic carbocycles.